The molecule has 5 nitrogen and oxygen atoms in total. The summed E-state index contributed by atoms with van der Waals surface area (Å²) in [5.41, 5.74) is -0.714. The van der Waals surface area contributed by atoms with Crippen molar-refractivity contribution in [1.82, 2.24) is 0 Å². The van der Waals surface area contributed by atoms with Gasteiger partial charge in [-0.05, 0) is 6.92 Å². The van der Waals surface area contributed by atoms with Crippen LogP contribution in [0, 0.1) is 15.9 Å². The third kappa shape index (κ3) is 2.91. The summed E-state index contributed by atoms with van der Waals surface area (Å²) in [6.45, 7) is 4.82. The second-order valence-corrected chi connectivity index (χ2v) is 3.58. The van der Waals surface area contributed by atoms with Gasteiger partial charge in [-0.25, -0.2) is 0 Å². The lowest BCUT2D eigenvalue weighted by molar-refractivity contribution is -0.387. The fourth-order valence-electron chi connectivity index (χ4n) is 1.41. The molecule has 1 rings (SSSR count). The van der Waals surface area contributed by atoms with Gasteiger partial charge in [0.05, 0.1) is 10.8 Å². The fraction of sp³-hybridized carbons (Fsp3) is 0.250. The molecule has 0 spiro atoms. The van der Waals surface area contributed by atoms with Crippen molar-refractivity contribution in [2.75, 3.05) is 6.61 Å². The van der Waals surface area contributed by atoms with Gasteiger partial charge in [0.1, 0.15) is 6.61 Å². The maximum absolute atomic E-state index is 13.8. The van der Waals surface area contributed by atoms with E-state index >= 15 is 0 Å². The molecule has 0 aromatic heterocycles. The molecule has 0 aliphatic carbocycles. The monoisotopic (exact) mass is 253 g/mol. The van der Waals surface area contributed by atoms with E-state index in [2.05, 4.69) is 6.58 Å². The summed E-state index contributed by atoms with van der Waals surface area (Å²) in [5.74, 6) is -2.58. The van der Waals surface area contributed by atoms with Crippen LogP contribution in [0.25, 0.3) is 0 Å². The van der Waals surface area contributed by atoms with Crippen molar-refractivity contribution in [2.24, 2.45) is 0 Å². The average Bonchev–Trinajstić information content (AvgIpc) is 2.35. The summed E-state index contributed by atoms with van der Waals surface area (Å²) in [6.07, 6.45) is 1.38. The minimum atomic E-state index is -1.01. The third-order valence-electron chi connectivity index (χ3n) is 2.37. The van der Waals surface area contributed by atoms with Crippen LogP contribution in [0.4, 0.5) is 10.1 Å². The van der Waals surface area contributed by atoms with Crippen molar-refractivity contribution < 1.29 is 18.8 Å². The molecule has 1 aromatic carbocycles. The molecule has 96 valence electrons. The largest absolute Gasteiger partial charge is 0.461 e. The molecule has 0 radical (unpaired) electrons. The van der Waals surface area contributed by atoms with E-state index < -0.39 is 28.3 Å². The van der Waals surface area contributed by atoms with Gasteiger partial charge >= 0.3 is 11.7 Å². The highest BCUT2D eigenvalue weighted by Gasteiger charge is 2.25. The molecule has 0 fully saturated rings. The quantitative estimate of drug-likeness (QED) is 0.350. The van der Waals surface area contributed by atoms with Crippen LogP contribution in [0.3, 0.4) is 0 Å². The zero-order valence-corrected chi connectivity index (χ0v) is 9.76. The smallest absolute Gasteiger partial charge is 0.313 e. The Labute approximate surface area is 103 Å². The lowest BCUT2D eigenvalue weighted by atomic mass is 10.00. The lowest BCUT2D eigenvalue weighted by Gasteiger charge is -2.11. The Morgan fingerprint density at radius 2 is 2.33 bits per heavy atom. The molecule has 1 unspecified atom stereocenters. The number of rotatable bonds is 5. The Hall–Kier alpha value is -2.24. The van der Waals surface area contributed by atoms with Gasteiger partial charge in [0.15, 0.2) is 0 Å². The zero-order valence-electron chi connectivity index (χ0n) is 9.76. The van der Waals surface area contributed by atoms with E-state index in [1.54, 1.807) is 0 Å². The highest BCUT2D eigenvalue weighted by Crippen LogP contribution is 2.26. The number of benzene rings is 1. The van der Waals surface area contributed by atoms with E-state index in [1.165, 1.54) is 25.1 Å². The molecule has 0 bridgehead atoms. The first-order valence-electron chi connectivity index (χ1n) is 5.19. The van der Waals surface area contributed by atoms with Crippen LogP contribution in [0.15, 0.2) is 30.9 Å². The Kier molecular flexibility index (Phi) is 4.53. The van der Waals surface area contributed by atoms with Crippen LogP contribution in [0.2, 0.25) is 0 Å². The molecule has 0 aliphatic rings. The van der Waals surface area contributed by atoms with E-state index in [4.69, 9.17) is 4.74 Å². The second-order valence-electron chi connectivity index (χ2n) is 3.58. The van der Waals surface area contributed by atoms with Crippen molar-refractivity contribution in [3.8, 4) is 0 Å². The van der Waals surface area contributed by atoms with Crippen LogP contribution < -0.4 is 0 Å². The summed E-state index contributed by atoms with van der Waals surface area (Å²) in [4.78, 5) is 21.3. The maximum Gasteiger partial charge on any atom is 0.313 e. The molecule has 0 heterocycles. The third-order valence-corrected chi connectivity index (χ3v) is 2.37. The van der Waals surface area contributed by atoms with E-state index in [0.29, 0.717) is 0 Å². The van der Waals surface area contributed by atoms with Crippen molar-refractivity contribution >= 4 is 11.7 Å². The molecule has 0 saturated carbocycles. The van der Waals surface area contributed by atoms with Crippen LogP contribution >= 0.6 is 0 Å². The number of nitro benzene ring substituents is 1. The van der Waals surface area contributed by atoms with Gasteiger partial charge in [-0.1, -0.05) is 24.8 Å². The molecule has 6 heteroatoms. The van der Waals surface area contributed by atoms with E-state index in [0.717, 1.165) is 6.07 Å². The molecular formula is C12H12FNO4. The van der Waals surface area contributed by atoms with Crippen LogP contribution in [-0.2, 0) is 9.53 Å². The fourth-order valence-corrected chi connectivity index (χ4v) is 1.41. The number of hydrogen-bond donors (Lipinski definition) is 0. The molecule has 18 heavy (non-hydrogen) atoms. The predicted molar refractivity (Wildman–Crippen MR) is 62.6 cm³/mol. The number of esters is 1. The minimum absolute atomic E-state index is 0.0136. The number of nitro groups is 1. The number of ether oxygens (including phenoxy) is 1. The number of hydrogen-bond acceptors (Lipinski definition) is 4. The summed E-state index contributed by atoms with van der Waals surface area (Å²) in [6, 6.07) is 3.69. The first-order valence-corrected chi connectivity index (χ1v) is 5.19. The number of carbonyl (C=O) groups is 1. The van der Waals surface area contributed by atoms with Crippen molar-refractivity contribution in [3.05, 3.63) is 52.3 Å². The van der Waals surface area contributed by atoms with E-state index in [9.17, 15) is 19.3 Å². The van der Waals surface area contributed by atoms with Gasteiger partial charge in [-0.3, -0.25) is 14.9 Å². The molecule has 0 amide bonds. The maximum atomic E-state index is 13.8. The SMILES string of the molecule is C=CCOC(=O)C(C)c1cccc([N+](=O)[O-])c1F. The summed E-state index contributed by atoms with van der Waals surface area (Å²) < 4.78 is 18.6. The molecule has 1 aromatic rings. The van der Waals surface area contributed by atoms with Crippen molar-refractivity contribution in [3.63, 3.8) is 0 Å². The van der Waals surface area contributed by atoms with Gasteiger partial charge in [0, 0.05) is 11.6 Å². The van der Waals surface area contributed by atoms with Crippen LogP contribution in [0.1, 0.15) is 18.4 Å². The number of halogens is 1. The predicted octanol–water partition coefficient (Wildman–Crippen LogP) is 2.57. The Balaban J connectivity index is 3.02. The lowest BCUT2D eigenvalue weighted by Crippen LogP contribution is -2.15. The van der Waals surface area contributed by atoms with E-state index in [1.807, 2.05) is 0 Å². The first-order chi connectivity index (χ1) is 8.49. The molecule has 0 saturated heterocycles. The minimum Gasteiger partial charge on any atom is -0.461 e. The molecule has 1 atom stereocenters. The first kappa shape index (κ1) is 13.8. The normalized spacial score (nSPS) is 11.7. The van der Waals surface area contributed by atoms with Gasteiger partial charge in [0.25, 0.3) is 0 Å². The summed E-state index contributed by atoms with van der Waals surface area (Å²) >= 11 is 0. The molecule has 0 aliphatic heterocycles. The Bertz CT molecular complexity index is 487. The number of nitrogens with zero attached hydrogens (tertiary/aromatic N) is 1. The molecule has 0 N–H and O–H groups in total. The standard InChI is InChI=1S/C12H12FNO4/c1-3-7-18-12(15)8(2)9-5-4-6-10(11(9)13)14(16)17/h3-6,8H,1,7H2,2H3. The summed E-state index contributed by atoms with van der Waals surface area (Å²) in [7, 11) is 0. The van der Waals surface area contributed by atoms with Gasteiger partial charge in [-0.2, -0.15) is 4.39 Å². The van der Waals surface area contributed by atoms with Gasteiger partial charge < -0.3 is 4.74 Å². The second kappa shape index (κ2) is 5.90. The van der Waals surface area contributed by atoms with Gasteiger partial charge in [0.2, 0.25) is 5.82 Å². The molecular weight excluding hydrogens is 241 g/mol. The Morgan fingerprint density at radius 1 is 1.67 bits per heavy atom. The number of carbonyl (C=O) groups excluding carboxylic acids is 1. The topological polar surface area (TPSA) is 69.4 Å². The van der Waals surface area contributed by atoms with Crippen molar-refractivity contribution in [2.45, 2.75) is 12.8 Å². The zero-order chi connectivity index (χ0) is 13.7. The highest BCUT2D eigenvalue weighted by atomic mass is 19.1. The van der Waals surface area contributed by atoms with Gasteiger partial charge in [-0.15, -0.1) is 0 Å². The van der Waals surface area contributed by atoms with E-state index in [-0.39, 0.29) is 12.2 Å². The highest BCUT2D eigenvalue weighted by molar-refractivity contribution is 5.78. The summed E-state index contributed by atoms with van der Waals surface area (Å²) in [5, 5.41) is 10.6. The van der Waals surface area contributed by atoms with Crippen molar-refractivity contribution in [1.29, 1.82) is 0 Å². The average molecular weight is 253 g/mol. The Morgan fingerprint density at radius 3 is 2.89 bits per heavy atom. The van der Waals surface area contributed by atoms with Crippen LogP contribution in [-0.4, -0.2) is 17.5 Å². The van der Waals surface area contributed by atoms with Crippen LogP contribution in [0.5, 0.6) is 0 Å².